The first-order chi connectivity index (χ1) is 14.6. The highest BCUT2D eigenvalue weighted by Gasteiger charge is 2.61. The lowest BCUT2D eigenvalue weighted by molar-refractivity contribution is 0.0678. The maximum atomic E-state index is 6.45. The highest BCUT2D eigenvalue weighted by molar-refractivity contribution is 7.78. The van der Waals surface area contributed by atoms with Gasteiger partial charge in [0.15, 0.2) is 0 Å². The Morgan fingerprint density at radius 3 is 1.23 bits per heavy atom. The van der Waals surface area contributed by atoms with Gasteiger partial charge in [0.25, 0.3) is 0 Å². The van der Waals surface area contributed by atoms with Gasteiger partial charge in [0.1, 0.15) is 5.28 Å². The summed E-state index contributed by atoms with van der Waals surface area (Å²) in [5.74, 6) is 0. The zero-order valence-corrected chi connectivity index (χ0v) is 23.7. The fourth-order valence-electron chi connectivity index (χ4n) is 4.96. The third-order valence-corrected chi connectivity index (χ3v) is 18.0. The Morgan fingerprint density at radius 1 is 0.533 bits per heavy atom. The van der Waals surface area contributed by atoms with Crippen molar-refractivity contribution in [3.63, 3.8) is 0 Å². The largest absolute Gasteiger partial charge is 0.543 e. The molecule has 0 aliphatic rings. The van der Waals surface area contributed by atoms with Gasteiger partial charge in [-0.25, -0.2) is 0 Å². The van der Waals surface area contributed by atoms with Crippen LogP contribution < -0.4 is 0 Å². The molecule has 0 spiro atoms. The van der Waals surface area contributed by atoms with Gasteiger partial charge in [0, 0.05) is 27.1 Å². The van der Waals surface area contributed by atoms with E-state index >= 15 is 0 Å². The van der Waals surface area contributed by atoms with Crippen LogP contribution in [0.25, 0.3) is 0 Å². The third-order valence-electron chi connectivity index (χ3n) is 6.83. The van der Waals surface area contributed by atoms with Crippen LogP contribution >= 0.6 is 7.26 Å². The molecule has 0 N–H and O–H groups in total. The Labute approximate surface area is 192 Å². The second-order valence-electron chi connectivity index (χ2n) is 8.56. The average Bonchev–Trinajstić information content (AvgIpc) is 2.75. The molecule has 0 aromatic carbocycles. The summed E-state index contributed by atoms with van der Waals surface area (Å²) in [6.45, 7) is 17.9. The topological polar surface area (TPSA) is 27.7 Å². The molecule has 0 radical (unpaired) electrons. The number of unbranched alkanes of at least 4 members (excludes halogenated alkanes) is 9. The minimum atomic E-state index is -2.67. The van der Waals surface area contributed by atoms with E-state index in [2.05, 4.69) is 48.5 Å². The van der Waals surface area contributed by atoms with Crippen molar-refractivity contribution in [1.82, 2.24) is 0 Å². The van der Waals surface area contributed by atoms with Crippen molar-refractivity contribution in [2.45, 2.75) is 124 Å². The van der Waals surface area contributed by atoms with Gasteiger partial charge in [-0.05, 0) is 54.4 Å². The van der Waals surface area contributed by atoms with Crippen LogP contribution in [0.2, 0.25) is 0 Å². The summed E-state index contributed by atoms with van der Waals surface area (Å²) < 4.78 is 19.3. The highest BCUT2D eigenvalue weighted by atomic mass is 31.2. The first-order valence-corrected chi connectivity index (χ1v) is 17.5. The van der Waals surface area contributed by atoms with Crippen molar-refractivity contribution in [3.8, 4) is 0 Å². The summed E-state index contributed by atoms with van der Waals surface area (Å²) in [6.07, 6.45) is 18.9. The molecule has 1 unspecified atom stereocenters. The molecule has 0 rings (SSSR count). The van der Waals surface area contributed by atoms with Crippen LogP contribution in [-0.2, 0) is 13.3 Å². The molecule has 0 saturated carbocycles. The van der Waals surface area contributed by atoms with Gasteiger partial charge in [0.05, 0.1) is 18.5 Å². The predicted octanol–water partition coefficient (Wildman–Crippen LogP) is 8.33. The van der Waals surface area contributed by atoms with E-state index in [9.17, 15) is 0 Å². The summed E-state index contributed by atoms with van der Waals surface area (Å²) in [5, 5.41) is 0.513. The third kappa shape index (κ3) is 10.4. The van der Waals surface area contributed by atoms with E-state index in [4.69, 9.17) is 13.3 Å². The van der Waals surface area contributed by atoms with Gasteiger partial charge >= 0.3 is 8.80 Å². The van der Waals surface area contributed by atoms with Crippen molar-refractivity contribution < 1.29 is 13.3 Å². The quantitative estimate of drug-likeness (QED) is 0.0917. The maximum Gasteiger partial charge on any atom is 0.543 e. The maximum absolute atomic E-state index is 6.45. The molecule has 3 nitrogen and oxygen atoms in total. The second kappa shape index (κ2) is 19.0. The summed E-state index contributed by atoms with van der Waals surface area (Å²) in [4.78, 5) is 0. The van der Waals surface area contributed by atoms with Crippen LogP contribution in [0.5, 0.6) is 0 Å². The smallest absolute Gasteiger partial charge is 0.371 e. The van der Waals surface area contributed by atoms with Crippen molar-refractivity contribution in [2.24, 2.45) is 0 Å². The van der Waals surface area contributed by atoms with Gasteiger partial charge < -0.3 is 13.3 Å². The Kier molecular flexibility index (Phi) is 19.4. The van der Waals surface area contributed by atoms with Crippen LogP contribution in [0.15, 0.2) is 0 Å². The van der Waals surface area contributed by atoms with E-state index in [1.807, 2.05) is 0 Å². The molecule has 0 heterocycles. The number of rotatable bonds is 22. The van der Waals surface area contributed by atoms with Gasteiger partial charge in [-0.15, -0.1) is 0 Å². The van der Waals surface area contributed by atoms with Crippen LogP contribution in [-0.4, -0.2) is 52.4 Å². The molecule has 0 aliphatic carbocycles. The molecule has 30 heavy (non-hydrogen) atoms. The van der Waals surface area contributed by atoms with Gasteiger partial charge in [-0.2, -0.15) is 0 Å². The fourth-order valence-corrected chi connectivity index (χ4v) is 15.9. The molecule has 0 aromatic heterocycles. The zero-order valence-electron chi connectivity index (χ0n) is 21.8. The summed E-state index contributed by atoms with van der Waals surface area (Å²) in [6, 6.07) is 0. The van der Waals surface area contributed by atoms with Crippen LogP contribution in [0.4, 0.5) is 0 Å². The van der Waals surface area contributed by atoms with Gasteiger partial charge in [0.2, 0.25) is 0 Å². The Bertz CT molecular complexity index is 352. The molecule has 182 valence electrons. The lowest BCUT2D eigenvalue weighted by Crippen LogP contribution is -2.58. The molecule has 0 aliphatic heterocycles. The highest BCUT2D eigenvalue weighted by Crippen LogP contribution is 2.66. The molecule has 0 saturated heterocycles. The molecule has 0 amide bonds. The minimum absolute atomic E-state index is 0.513. The number of hydrogen-bond acceptors (Lipinski definition) is 3. The normalized spacial score (nSPS) is 13.7. The first kappa shape index (κ1) is 30.5. The molecule has 0 fully saturated rings. The monoisotopic (exact) mass is 463 g/mol. The molecular weight excluding hydrogens is 407 g/mol. The molecule has 5 heteroatoms. The van der Waals surface area contributed by atoms with Crippen molar-refractivity contribution in [3.05, 3.63) is 0 Å². The van der Waals surface area contributed by atoms with Crippen molar-refractivity contribution in [2.75, 3.05) is 38.3 Å². The van der Waals surface area contributed by atoms with Crippen LogP contribution in [0.3, 0.4) is 0 Å². The Balaban J connectivity index is 4.98. The SMILES string of the molecule is CCCCCCCCCCCCC([Si](OCC)(OCC)OCC)[P+](CC)(CC)CC. The number of hydrogen-bond donors (Lipinski definition) is 0. The minimum Gasteiger partial charge on any atom is -0.371 e. The molecule has 1 atom stereocenters. The summed E-state index contributed by atoms with van der Waals surface area (Å²) in [7, 11) is -3.82. The van der Waals surface area contributed by atoms with E-state index in [-0.39, 0.29) is 0 Å². The van der Waals surface area contributed by atoms with Crippen LogP contribution in [0, 0.1) is 0 Å². The van der Waals surface area contributed by atoms with E-state index < -0.39 is 16.1 Å². The fraction of sp³-hybridized carbons (Fsp3) is 1.00. The Hall–Kier alpha value is 0.527. The van der Waals surface area contributed by atoms with Gasteiger partial charge in [-0.3, -0.25) is 0 Å². The van der Waals surface area contributed by atoms with E-state index in [1.165, 1.54) is 89.1 Å². The van der Waals surface area contributed by atoms with E-state index in [0.717, 1.165) is 0 Å². The van der Waals surface area contributed by atoms with Gasteiger partial charge in [-0.1, -0.05) is 64.7 Å². The molecule has 0 aromatic rings. The van der Waals surface area contributed by atoms with E-state index in [1.54, 1.807) is 0 Å². The first-order valence-electron chi connectivity index (χ1n) is 13.3. The molecule has 0 bridgehead atoms. The molecular formula is C25H56O3PSi+. The van der Waals surface area contributed by atoms with E-state index in [0.29, 0.717) is 25.1 Å². The standard InChI is InChI=1S/C25H56O3PSi/c1-8-15-16-17-18-19-20-21-22-23-24-25(29(12-5,13-6)14-7)30(26-9-2,27-10-3)28-11-4/h25H,8-24H2,1-7H3/q+1. The predicted molar refractivity (Wildman–Crippen MR) is 139 cm³/mol. The lowest BCUT2D eigenvalue weighted by atomic mass is 10.1. The van der Waals surface area contributed by atoms with Crippen LogP contribution in [0.1, 0.15) is 119 Å². The lowest BCUT2D eigenvalue weighted by Gasteiger charge is -2.41. The van der Waals surface area contributed by atoms with Crippen molar-refractivity contribution >= 4 is 16.1 Å². The second-order valence-corrected chi connectivity index (χ2v) is 16.8. The average molecular weight is 464 g/mol. The summed E-state index contributed by atoms with van der Waals surface area (Å²) in [5.41, 5.74) is 0. The zero-order chi connectivity index (χ0) is 22.7. The Morgan fingerprint density at radius 2 is 0.900 bits per heavy atom. The van der Waals surface area contributed by atoms with Crippen molar-refractivity contribution in [1.29, 1.82) is 0 Å². The summed E-state index contributed by atoms with van der Waals surface area (Å²) >= 11 is 0.